The summed E-state index contributed by atoms with van der Waals surface area (Å²) in [6, 6.07) is 21.6. The van der Waals surface area contributed by atoms with Gasteiger partial charge in [0.05, 0.1) is 16.5 Å². The van der Waals surface area contributed by atoms with Gasteiger partial charge in [0.25, 0.3) is 0 Å². The van der Waals surface area contributed by atoms with Crippen LogP contribution in [-0.4, -0.2) is 0 Å². The second-order valence-electron chi connectivity index (χ2n) is 5.22. The Morgan fingerprint density at radius 1 is 0.640 bits per heavy atom. The zero-order valence-electron chi connectivity index (χ0n) is 12.7. The minimum atomic E-state index is -4.32. The van der Waals surface area contributed by atoms with E-state index in [4.69, 9.17) is 0 Å². The van der Waals surface area contributed by atoms with Crippen LogP contribution in [0.2, 0.25) is 0 Å². The highest BCUT2D eigenvalue weighted by Crippen LogP contribution is 2.35. The Hall–Kier alpha value is -0.740. The van der Waals surface area contributed by atoms with E-state index in [1.54, 1.807) is 12.1 Å². The molecule has 3 rings (SSSR count). The molecule has 0 amide bonds. The Bertz CT molecular complexity index is 862. The SMILES string of the molecule is FC(F)(F)c1ccc([S+](c2ccccc2)c2ccc(I)c(I)c2)cc1. The molecule has 0 fully saturated rings. The first-order valence-corrected chi connectivity index (χ1v) is 10.7. The second kappa shape index (κ2) is 7.87. The quantitative estimate of drug-likeness (QED) is 0.230. The van der Waals surface area contributed by atoms with E-state index in [-0.39, 0.29) is 0 Å². The maximum Gasteiger partial charge on any atom is 0.416 e. The predicted molar refractivity (Wildman–Crippen MR) is 112 cm³/mol. The number of alkyl halides is 3. The van der Waals surface area contributed by atoms with Gasteiger partial charge in [-0.25, -0.2) is 0 Å². The van der Waals surface area contributed by atoms with E-state index in [0.29, 0.717) is 0 Å². The van der Waals surface area contributed by atoms with Gasteiger partial charge in [0, 0.05) is 13.2 Å². The molecule has 0 nitrogen and oxygen atoms in total. The number of rotatable bonds is 3. The molecule has 3 aromatic carbocycles. The maximum absolute atomic E-state index is 12.9. The zero-order valence-corrected chi connectivity index (χ0v) is 17.9. The molecule has 6 heteroatoms. The summed E-state index contributed by atoms with van der Waals surface area (Å²) in [5, 5.41) is 0. The lowest BCUT2D eigenvalue weighted by Crippen LogP contribution is -2.08. The Morgan fingerprint density at radius 2 is 1.20 bits per heavy atom. The van der Waals surface area contributed by atoms with Crippen LogP contribution in [-0.2, 0) is 17.1 Å². The summed E-state index contributed by atoms with van der Waals surface area (Å²) < 4.78 is 40.9. The van der Waals surface area contributed by atoms with Crippen molar-refractivity contribution in [3.8, 4) is 0 Å². The van der Waals surface area contributed by atoms with Crippen molar-refractivity contribution in [2.45, 2.75) is 20.9 Å². The van der Waals surface area contributed by atoms with Crippen molar-refractivity contribution in [1.29, 1.82) is 0 Å². The van der Waals surface area contributed by atoms with E-state index in [1.165, 1.54) is 0 Å². The largest absolute Gasteiger partial charge is 0.416 e. The third kappa shape index (κ3) is 4.51. The minimum absolute atomic E-state index is 0.444. The molecule has 1 atom stereocenters. The standard InChI is InChI=1S/C19H12F3I2S/c20-19(21,22)13-6-8-15(9-7-13)25(14-4-2-1-3-5-14)16-10-11-17(23)18(24)12-16/h1-12H/q+1. The molecule has 0 aliphatic rings. The highest BCUT2D eigenvalue weighted by Gasteiger charge is 2.33. The van der Waals surface area contributed by atoms with Crippen molar-refractivity contribution in [3.05, 3.63) is 85.5 Å². The summed E-state index contributed by atoms with van der Waals surface area (Å²) >= 11 is 4.56. The molecular formula is C19H12F3I2S+. The Labute approximate surface area is 174 Å². The molecule has 0 spiro atoms. The average Bonchev–Trinajstić information content (AvgIpc) is 2.59. The maximum atomic E-state index is 12.9. The molecular weight excluding hydrogens is 571 g/mol. The van der Waals surface area contributed by atoms with Gasteiger partial charge in [-0.15, -0.1) is 0 Å². The van der Waals surface area contributed by atoms with Crippen LogP contribution < -0.4 is 0 Å². The van der Waals surface area contributed by atoms with Crippen LogP contribution >= 0.6 is 45.2 Å². The first kappa shape index (κ1) is 19.0. The summed E-state index contributed by atoms with van der Waals surface area (Å²) in [4.78, 5) is 3.05. The average molecular weight is 583 g/mol. The van der Waals surface area contributed by atoms with Crippen molar-refractivity contribution in [3.63, 3.8) is 0 Å². The fourth-order valence-electron chi connectivity index (χ4n) is 2.35. The van der Waals surface area contributed by atoms with Crippen LogP contribution in [0.4, 0.5) is 13.2 Å². The third-order valence-electron chi connectivity index (χ3n) is 3.52. The van der Waals surface area contributed by atoms with Crippen molar-refractivity contribution < 1.29 is 13.2 Å². The van der Waals surface area contributed by atoms with Crippen molar-refractivity contribution in [1.82, 2.24) is 0 Å². The summed E-state index contributed by atoms with van der Waals surface area (Å²) in [5.74, 6) is 0. The molecule has 0 bridgehead atoms. The molecule has 3 aromatic rings. The van der Waals surface area contributed by atoms with Crippen LogP contribution in [0.5, 0.6) is 0 Å². The summed E-state index contributed by atoms with van der Waals surface area (Å²) in [5.41, 5.74) is -0.620. The monoisotopic (exact) mass is 583 g/mol. The molecule has 0 aliphatic heterocycles. The van der Waals surface area contributed by atoms with Gasteiger partial charge in [-0.1, -0.05) is 18.2 Å². The summed E-state index contributed by atoms with van der Waals surface area (Å²) in [6.45, 7) is 0. The normalized spacial score (nSPS) is 12.8. The predicted octanol–water partition coefficient (Wildman–Crippen LogP) is 7.01. The fraction of sp³-hybridized carbons (Fsp3) is 0.0526. The van der Waals surface area contributed by atoms with Crippen molar-refractivity contribution >= 4 is 56.1 Å². The highest BCUT2D eigenvalue weighted by atomic mass is 127. The van der Waals surface area contributed by atoms with E-state index in [1.807, 2.05) is 36.4 Å². The first-order valence-electron chi connectivity index (χ1n) is 7.28. The van der Waals surface area contributed by atoms with Crippen LogP contribution in [0.3, 0.4) is 0 Å². The molecule has 0 saturated carbocycles. The Balaban J connectivity index is 2.10. The van der Waals surface area contributed by atoms with Gasteiger partial charge in [0.1, 0.15) is 0 Å². The number of hydrogen-bond acceptors (Lipinski definition) is 0. The molecule has 25 heavy (non-hydrogen) atoms. The van der Waals surface area contributed by atoms with Gasteiger partial charge in [-0.05, 0) is 93.7 Å². The van der Waals surface area contributed by atoms with Crippen LogP contribution in [0.15, 0.2) is 87.5 Å². The molecule has 1 unspecified atom stereocenters. The van der Waals surface area contributed by atoms with Crippen LogP contribution in [0, 0.1) is 7.14 Å². The van der Waals surface area contributed by atoms with E-state index in [2.05, 4.69) is 57.3 Å². The fourth-order valence-corrected chi connectivity index (χ4v) is 5.50. The van der Waals surface area contributed by atoms with Gasteiger partial charge in [0.15, 0.2) is 14.7 Å². The van der Waals surface area contributed by atoms with E-state index < -0.39 is 22.6 Å². The molecule has 128 valence electrons. The summed E-state index contributed by atoms with van der Waals surface area (Å²) in [6.07, 6.45) is -4.32. The lowest BCUT2D eigenvalue weighted by atomic mass is 10.2. The Kier molecular flexibility index (Phi) is 5.99. The molecule has 0 radical (unpaired) electrons. The molecule has 0 saturated heterocycles. The van der Waals surface area contributed by atoms with Crippen molar-refractivity contribution in [2.75, 3.05) is 0 Å². The molecule has 0 aromatic heterocycles. The smallest absolute Gasteiger partial charge is 0.166 e. The van der Waals surface area contributed by atoms with Crippen LogP contribution in [0.1, 0.15) is 5.56 Å². The second-order valence-corrected chi connectivity index (χ2v) is 9.57. The summed E-state index contributed by atoms with van der Waals surface area (Å²) in [7, 11) is -0.444. The first-order chi connectivity index (χ1) is 11.9. The van der Waals surface area contributed by atoms with Gasteiger partial charge >= 0.3 is 6.18 Å². The lowest BCUT2D eigenvalue weighted by molar-refractivity contribution is -0.137. The minimum Gasteiger partial charge on any atom is -0.166 e. The van der Waals surface area contributed by atoms with Gasteiger partial charge < -0.3 is 0 Å². The van der Waals surface area contributed by atoms with E-state index >= 15 is 0 Å². The number of benzene rings is 3. The highest BCUT2D eigenvalue weighted by molar-refractivity contribution is 14.1. The van der Waals surface area contributed by atoms with E-state index in [0.717, 1.165) is 34.0 Å². The van der Waals surface area contributed by atoms with Crippen molar-refractivity contribution in [2.24, 2.45) is 0 Å². The molecule has 0 heterocycles. The van der Waals surface area contributed by atoms with Gasteiger partial charge in [0.2, 0.25) is 0 Å². The van der Waals surface area contributed by atoms with Gasteiger partial charge in [-0.2, -0.15) is 13.2 Å². The van der Waals surface area contributed by atoms with Crippen LogP contribution in [0.25, 0.3) is 0 Å². The molecule has 0 N–H and O–H groups in total. The topological polar surface area (TPSA) is 0 Å². The number of halogens is 5. The van der Waals surface area contributed by atoms with E-state index in [9.17, 15) is 13.2 Å². The molecule has 0 aliphatic carbocycles. The Morgan fingerprint density at radius 3 is 1.76 bits per heavy atom. The van der Waals surface area contributed by atoms with Gasteiger partial charge in [-0.3, -0.25) is 0 Å². The zero-order chi connectivity index (χ0) is 18.0. The number of hydrogen-bond donors (Lipinski definition) is 0. The lowest BCUT2D eigenvalue weighted by Gasteiger charge is -2.10. The third-order valence-corrected chi connectivity index (χ3v) is 8.60.